The second-order valence-corrected chi connectivity index (χ2v) is 18.7. The predicted octanol–water partition coefficient (Wildman–Crippen LogP) is 16.4. The van der Waals surface area contributed by atoms with Gasteiger partial charge < -0.3 is 18.7 Å². The maximum atomic E-state index is 7.56. The summed E-state index contributed by atoms with van der Waals surface area (Å²) in [6, 6.07) is 78.2. The SMILES string of the molecule is CN1C(c2cccc3c2oc2ccccc23)N=C(c2ccccc2-c2ccccc2)NC1c1cc2ccccc2c2c1oc1c(-n3c4cc5ccccc5cc4c4c5ccccc5ccc43)cccc12. The number of nitrogens with one attached hydrogen (secondary N) is 1. The van der Waals surface area contributed by atoms with Crippen LogP contribution in [-0.2, 0) is 0 Å². The van der Waals surface area contributed by atoms with Crippen molar-refractivity contribution in [3.8, 4) is 16.8 Å². The minimum atomic E-state index is -0.432. The number of rotatable bonds is 5. The summed E-state index contributed by atoms with van der Waals surface area (Å²) >= 11 is 0. The summed E-state index contributed by atoms with van der Waals surface area (Å²) in [6.07, 6.45) is -0.818. The zero-order valence-electron chi connectivity index (χ0n) is 38.1. The van der Waals surface area contributed by atoms with Gasteiger partial charge in [-0.15, -0.1) is 0 Å². The van der Waals surface area contributed by atoms with E-state index in [4.69, 9.17) is 13.8 Å². The van der Waals surface area contributed by atoms with Gasteiger partial charge in [0, 0.05) is 49.0 Å². The summed E-state index contributed by atoms with van der Waals surface area (Å²) < 4.78 is 16.7. The first kappa shape index (κ1) is 39.1. The molecule has 6 nitrogen and oxygen atoms in total. The van der Waals surface area contributed by atoms with Crippen LogP contribution in [0.1, 0.15) is 29.0 Å². The third-order valence-electron chi connectivity index (χ3n) is 14.9. The van der Waals surface area contributed by atoms with Gasteiger partial charge in [0.1, 0.15) is 34.9 Å². The maximum Gasteiger partial charge on any atom is 0.159 e. The first-order valence-corrected chi connectivity index (χ1v) is 24.0. The number of aliphatic imine (C=N–C) groups is 1. The minimum absolute atomic E-state index is 0.386. The van der Waals surface area contributed by atoms with Gasteiger partial charge in [-0.1, -0.05) is 182 Å². The third kappa shape index (κ3) is 5.68. The van der Waals surface area contributed by atoms with Crippen LogP contribution in [-0.4, -0.2) is 22.4 Å². The lowest BCUT2D eigenvalue weighted by atomic mass is 9.95. The quantitative estimate of drug-likeness (QED) is 0.187. The first-order chi connectivity index (χ1) is 34.6. The number of furan rings is 2. The van der Waals surface area contributed by atoms with Crippen LogP contribution >= 0.6 is 0 Å². The lowest BCUT2D eigenvalue weighted by Gasteiger charge is -2.39. The van der Waals surface area contributed by atoms with Crippen LogP contribution in [0.4, 0.5) is 0 Å². The molecule has 2 atom stereocenters. The summed E-state index contributed by atoms with van der Waals surface area (Å²) in [7, 11) is 2.16. The Kier molecular flexibility index (Phi) is 8.38. The van der Waals surface area contributed by atoms with E-state index in [-0.39, 0.29) is 6.17 Å². The molecule has 11 aromatic carbocycles. The highest BCUT2D eigenvalue weighted by atomic mass is 16.3. The normalized spacial score (nSPS) is 15.6. The standard InChI is InChI=1S/C64H42N4O2/c1-67-63(50-30-15-28-47-46-26-13-14-32-56(46)69-59(47)50)65-62(48-27-12-11-23-43(48)38-17-3-2-4-18-38)66-64(67)52-36-42-22-8-10-25-45(42)58-49-29-16-31-54(60(49)70-61(52)58)68-53-34-33-39-19-7-9-24-44(39)57(53)51-35-40-20-5-6-21-41(40)37-55(51)68/h2-37,63-64H,1H3,(H,65,66). The van der Waals surface area contributed by atoms with Crippen LogP contribution < -0.4 is 5.32 Å². The van der Waals surface area contributed by atoms with Gasteiger partial charge in [-0.3, -0.25) is 4.90 Å². The second-order valence-electron chi connectivity index (χ2n) is 18.7. The van der Waals surface area contributed by atoms with Crippen molar-refractivity contribution in [2.75, 3.05) is 7.05 Å². The van der Waals surface area contributed by atoms with E-state index >= 15 is 0 Å². The van der Waals surface area contributed by atoms with Gasteiger partial charge in [-0.05, 0) is 86.9 Å². The Labute approximate surface area is 401 Å². The fourth-order valence-corrected chi connectivity index (χ4v) is 11.7. The number of aromatic nitrogens is 1. The van der Waals surface area contributed by atoms with Crippen molar-refractivity contribution in [1.29, 1.82) is 0 Å². The Bertz CT molecular complexity index is 4500. The molecule has 0 spiro atoms. The number of hydrogen-bond donors (Lipinski definition) is 1. The molecular weight excluding hydrogens is 857 g/mol. The predicted molar refractivity (Wildman–Crippen MR) is 289 cm³/mol. The molecule has 0 saturated heterocycles. The zero-order chi connectivity index (χ0) is 46.0. The number of fused-ring (bicyclic) bond motifs is 14. The number of hydrogen-bond acceptors (Lipinski definition) is 5. The van der Waals surface area contributed by atoms with E-state index in [0.29, 0.717) is 0 Å². The third-order valence-corrected chi connectivity index (χ3v) is 14.9. The summed E-state index contributed by atoms with van der Waals surface area (Å²) in [5.41, 5.74) is 11.9. The van der Waals surface area contributed by atoms with E-state index in [9.17, 15) is 0 Å². The molecule has 0 aliphatic carbocycles. The van der Waals surface area contributed by atoms with Crippen LogP contribution in [0.5, 0.6) is 0 Å². The molecule has 330 valence electrons. The summed E-state index contributed by atoms with van der Waals surface area (Å²) in [4.78, 5) is 7.99. The molecule has 6 heteroatoms. The van der Waals surface area contributed by atoms with E-state index in [0.717, 1.165) is 105 Å². The summed E-state index contributed by atoms with van der Waals surface area (Å²) in [5, 5.41) is 17.9. The number of para-hydroxylation sites is 3. The summed E-state index contributed by atoms with van der Waals surface area (Å²) in [6.45, 7) is 0. The van der Waals surface area contributed by atoms with Crippen LogP contribution in [0, 0.1) is 0 Å². The molecule has 0 fully saturated rings. The van der Waals surface area contributed by atoms with Gasteiger partial charge in [0.15, 0.2) is 5.58 Å². The molecule has 70 heavy (non-hydrogen) atoms. The lowest BCUT2D eigenvalue weighted by molar-refractivity contribution is 0.153. The van der Waals surface area contributed by atoms with Gasteiger partial charge in [0.2, 0.25) is 0 Å². The molecular formula is C64H42N4O2. The molecule has 1 aliphatic heterocycles. The molecule has 15 rings (SSSR count). The number of amidine groups is 1. The molecule has 2 unspecified atom stereocenters. The molecule has 0 saturated carbocycles. The Balaban J connectivity index is 0.999. The highest BCUT2D eigenvalue weighted by Gasteiger charge is 2.36. The van der Waals surface area contributed by atoms with Crippen molar-refractivity contribution in [3.63, 3.8) is 0 Å². The monoisotopic (exact) mass is 898 g/mol. The molecule has 4 heterocycles. The van der Waals surface area contributed by atoms with Crippen molar-refractivity contribution >= 4 is 104 Å². The van der Waals surface area contributed by atoms with Crippen molar-refractivity contribution in [2.45, 2.75) is 12.3 Å². The van der Waals surface area contributed by atoms with E-state index < -0.39 is 6.17 Å². The largest absolute Gasteiger partial charge is 0.456 e. The fraction of sp³-hybridized carbons (Fsp3) is 0.0469. The van der Waals surface area contributed by atoms with Crippen LogP contribution in [0.3, 0.4) is 0 Å². The molecule has 0 radical (unpaired) electrons. The smallest absolute Gasteiger partial charge is 0.159 e. The molecule has 1 aliphatic rings. The number of benzene rings is 11. The van der Waals surface area contributed by atoms with E-state index in [2.05, 4.69) is 228 Å². The molecule has 0 bridgehead atoms. The van der Waals surface area contributed by atoms with Gasteiger partial charge in [-0.2, -0.15) is 0 Å². The van der Waals surface area contributed by atoms with Crippen LogP contribution in [0.2, 0.25) is 0 Å². The van der Waals surface area contributed by atoms with E-state index in [1.807, 2.05) is 12.1 Å². The van der Waals surface area contributed by atoms with Crippen molar-refractivity contribution in [2.24, 2.45) is 4.99 Å². The van der Waals surface area contributed by atoms with Crippen molar-refractivity contribution < 1.29 is 8.83 Å². The second kappa shape index (κ2) is 15.0. The van der Waals surface area contributed by atoms with Crippen LogP contribution in [0.15, 0.2) is 232 Å². The maximum absolute atomic E-state index is 7.56. The molecule has 0 amide bonds. The number of nitrogens with zero attached hydrogens (tertiary/aromatic N) is 3. The first-order valence-electron chi connectivity index (χ1n) is 24.0. The minimum Gasteiger partial charge on any atom is -0.456 e. The zero-order valence-corrected chi connectivity index (χ0v) is 38.1. The molecule has 1 N–H and O–H groups in total. The van der Waals surface area contributed by atoms with E-state index in [1.54, 1.807) is 0 Å². The Morgan fingerprint density at radius 1 is 0.429 bits per heavy atom. The lowest BCUT2D eigenvalue weighted by Crippen LogP contribution is -2.46. The fourth-order valence-electron chi connectivity index (χ4n) is 11.7. The Hall–Kier alpha value is -8.97. The van der Waals surface area contributed by atoms with Gasteiger partial charge >= 0.3 is 0 Å². The molecule has 14 aromatic rings. The molecule has 3 aromatic heterocycles. The average molecular weight is 899 g/mol. The van der Waals surface area contributed by atoms with E-state index in [1.165, 1.54) is 32.3 Å². The van der Waals surface area contributed by atoms with Gasteiger partial charge in [-0.25, -0.2) is 4.99 Å². The van der Waals surface area contributed by atoms with Gasteiger partial charge in [0.05, 0.1) is 16.7 Å². The van der Waals surface area contributed by atoms with Crippen molar-refractivity contribution in [3.05, 3.63) is 235 Å². The Morgan fingerprint density at radius 2 is 1.09 bits per heavy atom. The van der Waals surface area contributed by atoms with Crippen molar-refractivity contribution in [1.82, 2.24) is 14.8 Å². The summed E-state index contributed by atoms with van der Waals surface area (Å²) in [5.74, 6) is 0.795. The highest BCUT2D eigenvalue weighted by molar-refractivity contribution is 6.25. The highest BCUT2D eigenvalue weighted by Crippen LogP contribution is 2.47. The van der Waals surface area contributed by atoms with Gasteiger partial charge in [0.25, 0.3) is 0 Å². The Morgan fingerprint density at radius 3 is 1.93 bits per heavy atom. The topological polar surface area (TPSA) is 58.8 Å². The average Bonchev–Trinajstić information content (AvgIpc) is 4.11. The van der Waals surface area contributed by atoms with Crippen LogP contribution in [0.25, 0.3) is 115 Å².